The van der Waals surface area contributed by atoms with Crippen LogP contribution in [-0.4, -0.2) is 38.6 Å². The summed E-state index contributed by atoms with van der Waals surface area (Å²) >= 11 is 0. The first-order valence-corrected chi connectivity index (χ1v) is 9.71. The molecule has 29 heavy (non-hydrogen) atoms. The van der Waals surface area contributed by atoms with Crippen molar-refractivity contribution in [2.75, 3.05) is 13.2 Å². The lowest BCUT2D eigenvalue weighted by Crippen LogP contribution is -2.32. The van der Waals surface area contributed by atoms with E-state index >= 15 is 0 Å². The number of ether oxygens (including phenoxy) is 1. The van der Waals surface area contributed by atoms with Gasteiger partial charge in [0, 0.05) is 5.56 Å². The number of carbonyl (C=O) groups is 1. The van der Waals surface area contributed by atoms with Gasteiger partial charge in [-0.2, -0.15) is 5.10 Å². The molecular weight excluding hydrogens is 370 g/mol. The van der Waals surface area contributed by atoms with E-state index in [1.807, 2.05) is 13.0 Å². The minimum absolute atomic E-state index is 0.0348. The molecule has 0 aliphatic carbocycles. The van der Waals surface area contributed by atoms with Crippen molar-refractivity contribution in [2.24, 2.45) is 0 Å². The monoisotopic (exact) mass is 397 g/mol. The number of nitrogens with zero attached hydrogens (tertiary/aromatic N) is 3. The van der Waals surface area contributed by atoms with Gasteiger partial charge in [-0.25, -0.2) is 14.5 Å². The van der Waals surface area contributed by atoms with Gasteiger partial charge in [0.1, 0.15) is 18.2 Å². The Hall–Kier alpha value is -3.16. The molecule has 154 valence electrons. The predicted molar refractivity (Wildman–Crippen MR) is 111 cm³/mol. The molecule has 0 unspecified atom stereocenters. The largest absolute Gasteiger partial charge is 0.491 e. The smallest absolute Gasteiger partial charge is 0.264 e. The van der Waals surface area contributed by atoms with Crippen molar-refractivity contribution < 1.29 is 9.53 Å². The third kappa shape index (κ3) is 4.47. The molecule has 2 aromatic heterocycles. The van der Waals surface area contributed by atoms with E-state index in [-0.39, 0.29) is 17.9 Å². The predicted octanol–water partition coefficient (Wildman–Crippen LogP) is 2.20. The van der Waals surface area contributed by atoms with E-state index in [2.05, 4.69) is 46.5 Å². The Labute approximate surface area is 169 Å². The zero-order valence-corrected chi connectivity index (χ0v) is 17.5. The highest BCUT2D eigenvalue weighted by molar-refractivity contribution is 5.78. The number of H-pyrrole nitrogens is 1. The van der Waals surface area contributed by atoms with Gasteiger partial charge in [0.25, 0.3) is 5.56 Å². The molecule has 3 aromatic rings. The van der Waals surface area contributed by atoms with Crippen LogP contribution in [0, 0.1) is 20.8 Å². The van der Waals surface area contributed by atoms with Crippen LogP contribution in [0.5, 0.6) is 5.75 Å². The van der Waals surface area contributed by atoms with E-state index < -0.39 is 0 Å². The maximum Gasteiger partial charge on any atom is 0.264 e. The van der Waals surface area contributed by atoms with Gasteiger partial charge in [-0.05, 0) is 43.9 Å². The summed E-state index contributed by atoms with van der Waals surface area (Å²) in [4.78, 5) is 29.3. The molecule has 0 spiro atoms. The molecule has 2 N–H and O–H groups in total. The normalized spacial score (nSPS) is 11.2. The summed E-state index contributed by atoms with van der Waals surface area (Å²) < 4.78 is 7.26. The number of aromatic nitrogens is 4. The van der Waals surface area contributed by atoms with Crippen LogP contribution in [0.3, 0.4) is 0 Å². The Kier molecular flexibility index (Phi) is 6.00. The Morgan fingerprint density at radius 3 is 2.76 bits per heavy atom. The molecule has 0 saturated heterocycles. The summed E-state index contributed by atoms with van der Waals surface area (Å²) in [6.07, 6.45) is -0.0348. The molecule has 0 atom stereocenters. The van der Waals surface area contributed by atoms with Gasteiger partial charge >= 0.3 is 0 Å². The van der Waals surface area contributed by atoms with Crippen molar-refractivity contribution in [1.82, 2.24) is 24.9 Å². The lowest BCUT2D eigenvalue weighted by molar-refractivity contribution is -0.120. The second kappa shape index (κ2) is 8.46. The van der Waals surface area contributed by atoms with Crippen LogP contribution >= 0.6 is 0 Å². The number of aromatic amines is 1. The van der Waals surface area contributed by atoms with E-state index in [0.29, 0.717) is 41.9 Å². The van der Waals surface area contributed by atoms with Crippen molar-refractivity contribution in [3.8, 4) is 5.75 Å². The summed E-state index contributed by atoms with van der Waals surface area (Å²) in [5.74, 6) is 1.83. The Bertz CT molecular complexity index is 1100. The molecule has 0 aliphatic heterocycles. The van der Waals surface area contributed by atoms with Gasteiger partial charge in [0.2, 0.25) is 11.7 Å². The third-order valence-electron chi connectivity index (χ3n) is 4.83. The highest BCUT2D eigenvalue weighted by Crippen LogP contribution is 2.27. The first kappa shape index (κ1) is 20.6. The molecule has 1 amide bonds. The van der Waals surface area contributed by atoms with Crippen molar-refractivity contribution in [3.05, 3.63) is 56.8 Å². The molecule has 0 saturated carbocycles. The second-order valence-corrected chi connectivity index (χ2v) is 7.48. The topological polar surface area (TPSA) is 101 Å². The Balaban J connectivity index is 1.60. The van der Waals surface area contributed by atoms with Crippen molar-refractivity contribution in [1.29, 1.82) is 0 Å². The number of nitrogens with one attached hydrogen (secondary N) is 2. The Morgan fingerprint density at radius 1 is 1.28 bits per heavy atom. The number of hydrogen-bond acceptors (Lipinski definition) is 5. The maximum absolute atomic E-state index is 12.7. The number of carbonyl (C=O) groups excluding carboxylic acids is 1. The number of fused-ring (bicyclic) bond motifs is 1. The van der Waals surface area contributed by atoms with Gasteiger partial charge in [-0.1, -0.05) is 26.0 Å². The maximum atomic E-state index is 12.7. The average Bonchev–Trinajstić information content (AvgIpc) is 3.02. The minimum Gasteiger partial charge on any atom is -0.491 e. The van der Waals surface area contributed by atoms with Crippen LogP contribution in [0.1, 0.15) is 48.0 Å². The zero-order valence-electron chi connectivity index (χ0n) is 17.5. The van der Waals surface area contributed by atoms with E-state index in [9.17, 15) is 9.59 Å². The summed E-state index contributed by atoms with van der Waals surface area (Å²) in [7, 11) is 0. The molecule has 0 aliphatic rings. The highest BCUT2D eigenvalue weighted by atomic mass is 16.5. The fourth-order valence-electron chi connectivity index (χ4n) is 3.24. The molecule has 3 rings (SSSR count). The molecule has 8 heteroatoms. The van der Waals surface area contributed by atoms with Gasteiger partial charge in [0.15, 0.2) is 0 Å². The number of rotatable bonds is 7. The number of aryl methyl sites for hydroxylation is 3. The third-order valence-corrected chi connectivity index (χ3v) is 4.83. The summed E-state index contributed by atoms with van der Waals surface area (Å²) in [5, 5.41) is 9.51. The van der Waals surface area contributed by atoms with Gasteiger partial charge in [-0.15, -0.1) is 0 Å². The molecule has 2 heterocycles. The quantitative estimate of drug-likeness (QED) is 0.595. The zero-order chi connectivity index (χ0) is 21.1. The van der Waals surface area contributed by atoms with E-state index in [0.717, 1.165) is 16.9 Å². The van der Waals surface area contributed by atoms with Crippen molar-refractivity contribution in [3.63, 3.8) is 0 Å². The molecular formula is C21H27N5O3. The van der Waals surface area contributed by atoms with Crippen LogP contribution < -0.4 is 15.6 Å². The van der Waals surface area contributed by atoms with Crippen LogP contribution in [0.2, 0.25) is 0 Å². The number of amides is 1. The van der Waals surface area contributed by atoms with Crippen LogP contribution in [0.25, 0.3) is 5.78 Å². The summed E-state index contributed by atoms with van der Waals surface area (Å²) in [6, 6.07) is 6.15. The van der Waals surface area contributed by atoms with Gasteiger partial charge in [-0.3, -0.25) is 9.59 Å². The van der Waals surface area contributed by atoms with Crippen LogP contribution in [-0.2, 0) is 11.2 Å². The average molecular weight is 397 g/mol. The van der Waals surface area contributed by atoms with E-state index in [4.69, 9.17) is 4.74 Å². The first-order chi connectivity index (χ1) is 13.8. The van der Waals surface area contributed by atoms with Crippen LogP contribution in [0.15, 0.2) is 23.0 Å². The molecule has 1 aromatic carbocycles. The molecule has 0 fully saturated rings. The summed E-state index contributed by atoms with van der Waals surface area (Å²) in [5.41, 5.74) is 2.88. The van der Waals surface area contributed by atoms with E-state index in [1.165, 1.54) is 4.40 Å². The Morgan fingerprint density at radius 2 is 2.03 bits per heavy atom. The minimum atomic E-state index is -0.272. The number of hydrogen-bond donors (Lipinski definition) is 2. The summed E-state index contributed by atoms with van der Waals surface area (Å²) in [6.45, 7) is 10.4. The van der Waals surface area contributed by atoms with E-state index in [1.54, 1.807) is 13.8 Å². The lowest BCUT2D eigenvalue weighted by atomic mass is 10.0. The van der Waals surface area contributed by atoms with Crippen molar-refractivity contribution >= 4 is 11.7 Å². The standard InChI is InChI=1S/C21H27N5O3/c1-12(2)16-7-6-13(3)10-18(16)29-9-8-22-19(27)11-17-14(4)23-21-25-24-15(5)26(21)20(17)28/h6-7,10,12H,8-9,11H2,1-5H3,(H,22,27)(H,23,25). The SMILES string of the molecule is Cc1ccc(C(C)C)c(OCCNC(=O)Cc2c(C)nc3[nH]nc(C)n3c2=O)c1. The molecule has 8 nitrogen and oxygen atoms in total. The van der Waals surface area contributed by atoms with Crippen molar-refractivity contribution in [2.45, 2.75) is 47.0 Å². The number of benzene rings is 1. The second-order valence-electron chi connectivity index (χ2n) is 7.48. The molecule has 0 radical (unpaired) electrons. The van der Waals surface area contributed by atoms with Crippen LogP contribution in [0.4, 0.5) is 0 Å². The lowest BCUT2D eigenvalue weighted by Gasteiger charge is -2.15. The molecule has 0 bridgehead atoms. The van der Waals surface area contributed by atoms with Gasteiger partial charge < -0.3 is 10.1 Å². The fourth-order valence-corrected chi connectivity index (χ4v) is 3.24. The highest BCUT2D eigenvalue weighted by Gasteiger charge is 2.16. The first-order valence-electron chi connectivity index (χ1n) is 9.71. The van der Waals surface area contributed by atoms with Gasteiger partial charge in [0.05, 0.1) is 18.7 Å². The fraction of sp³-hybridized carbons (Fsp3) is 0.429.